The topological polar surface area (TPSA) is 159 Å². The smallest absolute Gasteiger partial charge is 0.352 e. The number of hydrogen-bond acceptors (Lipinski definition) is 8. The predicted molar refractivity (Wildman–Crippen MR) is 125 cm³/mol. The summed E-state index contributed by atoms with van der Waals surface area (Å²) < 4.78 is 25.2. The first-order valence-corrected chi connectivity index (χ1v) is 13.7. The standard InChI is InChI=1S/C19H24N4O6S3/c1-3-30-8-11-9-31-18-14(17(25)23(18)15(11)19(26)27)21-16(24)13(20)10-5-4-6-12(7-10)22-32(2,28)29/h4-7,13-14,18,22H,3,8-9,20H2,1-2H3,(H,21,24)(H,26,27)/t13?,14?,18-/m0/s1. The molecule has 0 saturated carbocycles. The molecule has 32 heavy (non-hydrogen) atoms. The highest BCUT2D eigenvalue weighted by Crippen LogP contribution is 2.41. The van der Waals surface area contributed by atoms with Gasteiger partial charge in [-0.15, -0.1) is 11.8 Å². The molecular formula is C19H24N4O6S3. The number of anilines is 1. The zero-order valence-electron chi connectivity index (χ0n) is 17.4. The van der Waals surface area contributed by atoms with Gasteiger partial charge in [0.25, 0.3) is 5.91 Å². The van der Waals surface area contributed by atoms with E-state index < -0.39 is 45.3 Å². The van der Waals surface area contributed by atoms with Gasteiger partial charge in [-0.25, -0.2) is 13.2 Å². The van der Waals surface area contributed by atoms with Gasteiger partial charge in [-0.2, -0.15) is 11.8 Å². The summed E-state index contributed by atoms with van der Waals surface area (Å²) in [6.45, 7) is 1.97. The summed E-state index contributed by atoms with van der Waals surface area (Å²) in [6.07, 6.45) is 1.01. The number of carbonyl (C=O) groups is 3. The van der Waals surface area contributed by atoms with Crippen LogP contribution in [-0.4, -0.2) is 71.1 Å². The molecule has 2 aliphatic rings. The second-order valence-electron chi connectivity index (χ2n) is 7.27. The molecular weight excluding hydrogens is 476 g/mol. The Morgan fingerprint density at radius 1 is 1.41 bits per heavy atom. The van der Waals surface area contributed by atoms with Crippen LogP contribution in [-0.2, 0) is 24.4 Å². The molecule has 0 bridgehead atoms. The first-order valence-electron chi connectivity index (χ1n) is 9.65. The number of fused-ring (bicyclic) bond motifs is 1. The van der Waals surface area contributed by atoms with Crippen molar-refractivity contribution in [1.29, 1.82) is 0 Å². The van der Waals surface area contributed by atoms with Gasteiger partial charge in [-0.3, -0.25) is 19.2 Å². The molecule has 0 aliphatic carbocycles. The summed E-state index contributed by atoms with van der Waals surface area (Å²) >= 11 is 2.98. The number of β-lactam (4-membered cyclic amide) rings is 1. The van der Waals surface area contributed by atoms with Crippen molar-refractivity contribution in [2.75, 3.05) is 28.2 Å². The van der Waals surface area contributed by atoms with E-state index in [2.05, 4.69) is 10.0 Å². The van der Waals surface area contributed by atoms with Crippen LogP contribution in [0.25, 0.3) is 0 Å². The van der Waals surface area contributed by atoms with Crippen LogP contribution in [0.3, 0.4) is 0 Å². The molecule has 5 N–H and O–H groups in total. The van der Waals surface area contributed by atoms with Crippen LogP contribution in [0.4, 0.5) is 5.69 Å². The average Bonchev–Trinajstić information content (AvgIpc) is 2.73. The Hall–Kier alpha value is -2.22. The summed E-state index contributed by atoms with van der Waals surface area (Å²) in [7, 11) is -3.50. The molecule has 2 amide bonds. The second-order valence-corrected chi connectivity index (χ2v) is 11.4. The lowest BCUT2D eigenvalue weighted by Gasteiger charge is -2.49. The lowest BCUT2D eigenvalue weighted by molar-refractivity contribution is -0.150. The maximum atomic E-state index is 12.7. The van der Waals surface area contributed by atoms with E-state index in [1.165, 1.54) is 28.8 Å². The number of thioether (sulfide) groups is 2. The van der Waals surface area contributed by atoms with Crippen LogP contribution in [0.2, 0.25) is 0 Å². The Morgan fingerprint density at radius 2 is 2.12 bits per heavy atom. The zero-order chi connectivity index (χ0) is 23.6. The highest BCUT2D eigenvalue weighted by molar-refractivity contribution is 8.01. The van der Waals surface area contributed by atoms with Crippen molar-refractivity contribution in [2.24, 2.45) is 5.73 Å². The number of aliphatic carboxylic acids is 1. The molecule has 3 rings (SSSR count). The lowest BCUT2D eigenvalue weighted by atomic mass is 10.0. The minimum atomic E-state index is -3.50. The third-order valence-electron chi connectivity index (χ3n) is 4.86. The van der Waals surface area contributed by atoms with E-state index in [1.807, 2.05) is 6.92 Å². The first kappa shape index (κ1) is 24.4. The van der Waals surface area contributed by atoms with Crippen LogP contribution >= 0.6 is 23.5 Å². The van der Waals surface area contributed by atoms with Gasteiger partial charge in [0.05, 0.1) is 6.26 Å². The molecule has 0 radical (unpaired) electrons. The minimum absolute atomic E-state index is 0.00551. The predicted octanol–water partition coefficient (Wildman–Crippen LogP) is 0.550. The van der Waals surface area contributed by atoms with E-state index in [0.29, 0.717) is 22.6 Å². The Morgan fingerprint density at radius 3 is 2.75 bits per heavy atom. The fraction of sp³-hybridized carbons (Fsp3) is 0.421. The molecule has 0 aromatic heterocycles. The third-order valence-corrected chi connectivity index (χ3v) is 7.77. The van der Waals surface area contributed by atoms with Crippen molar-refractivity contribution < 1.29 is 27.9 Å². The largest absolute Gasteiger partial charge is 0.477 e. The highest BCUT2D eigenvalue weighted by Gasteiger charge is 2.54. The minimum Gasteiger partial charge on any atom is -0.477 e. The Kier molecular flexibility index (Phi) is 7.43. The summed E-state index contributed by atoms with van der Waals surface area (Å²) in [4.78, 5) is 38.4. The molecule has 1 fully saturated rings. The first-order chi connectivity index (χ1) is 15.0. The van der Waals surface area contributed by atoms with Crippen molar-refractivity contribution in [3.05, 3.63) is 41.1 Å². The van der Waals surface area contributed by atoms with Crippen molar-refractivity contribution in [3.8, 4) is 0 Å². The number of benzene rings is 1. The van der Waals surface area contributed by atoms with Crippen molar-refractivity contribution in [2.45, 2.75) is 24.4 Å². The van der Waals surface area contributed by atoms with E-state index in [-0.39, 0.29) is 11.4 Å². The lowest BCUT2D eigenvalue weighted by Crippen LogP contribution is -2.71. The van der Waals surface area contributed by atoms with Gasteiger partial charge < -0.3 is 16.2 Å². The summed E-state index contributed by atoms with van der Waals surface area (Å²) in [5.74, 6) is -0.454. The van der Waals surface area contributed by atoms with E-state index in [4.69, 9.17) is 5.73 Å². The Balaban J connectivity index is 1.71. The van der Waals surface area contributed by atoms with Crippen LogP contribution in [0, 0.1) is 0 Å². The van der Waals surface area contributed by atoms with Gasteiger partial charge >= 0.3 is 5.97 Å². The van der Waals surface area contributed by atoms with Crippen LogP contribution in [0.5, 0.6) is 0 Å². The van der Waals surface area contributed by atoms with Gasteiger partial charge in [-0.1, -0.05) is 19.1 Å². The van der Waals surface area contributed by atoms with Gasteiger partial charge in [-0.05, 0) is 29.0 Å². The summed E-state index contributed by atoms with van der Waals surface area (Å²) in [5.41, 5.74) is 7.34. The van der Waals surface area contributed by atoms with Crippen molar-refractivity contribution in [1.82, 2.24) is 10.2 Å². The number of nitrogens with one attached hydrogen (secondary N) is 2. The number of hydrogen-bond donors (Lipinski definition) is 4. The molecule has 2 heterocycles. The van der Waals surface area contributed by atoms with Gasteiger partial charge in [0, 0.05) is 17.2 Å². The summed E-state index contributed by atoms with van der Waals surface area (Å²) in [6, 6.07) is 4.07. The van der Waals surface area contributed by atoms with Gasteiger partial charge in [0.1, 0.15) is 23.2 Å². The third kappa shape index (κ3) is 5.22. The quantitative estimate of drug-likeness (QED) is 0.355. The number of sulfonamides is 1. The maximum absolute atomic E-state index is 12.7. The SMILES string of the molecule is CCSCC1=C(C(=O)O)N2C(=O)C(NC(=O)C(N)c3cccc(NS(C)(=O)=O)c3)[C@@H]2SC1. The fourth-order valence-electron chi connectivity index (χ4n) is 3.42. The van der Waals surface area contributed by atoms with Crippen molar-refractivity contribution >= 4 is 57.0 Å². The molecule has 2 aliphatic heterocycles. The number of nitrogens with two attached hydrogens (primary N) is 1. The molecule has 3 atom stereocenters. The number of rotatable bonds is 9. The monoisotopic (exact) mass is 500 g/mol. The highest BCUT2D eigenvalue weighted by atomic mass is 32.2. The number of carboxylic acid groups (broad SMARTS) is 1. The number of amides is 2. The van der Waals surface area contributed by atoms with Gasteiger partial charge in [0.15, 0.2) is 0 Å². The molecule has 13 heteroatoms. The van der Waals surface area contributed by atoms with Crippen LogP contribution in [0.15, 0.2) is 35.5 Å². The second kappa shape index (κ2) is 9.73. The number of nitrogens with zero attached hydrogens (tertiary/aromatic N) is 1. The zero-order valence-corrected chi connectivity index (χ0v) is 19.9. The van der Waals surface area contributed by atoms with Crippen molar-refractivity contribution in [3.63, 3.8) is 0 Å². The average molecular weight is 501 g/mol. The molecule has 174 valence electrons. The van der Waals surface area contributed by atoms with E-state index in [0.717, 1.165) is 12.0 Å². The molecule has 0 spiro atoms. The van der Waals surface area contributed by atoms with Crippen LogP contribution < -0.4 is 15.8 Å². The van der Waals surface area contributed by atoms with E-state index in [9.17, 15) is 27.9 Å². The number of carbonyl (C=O) groups excluding carboxylic acids is 2. The molecule has 10 nitrogen and oxygen atoms in total. The Labute approximate surface area is 194 Å². The summed E-state index contributed by atoms with van der Waals surface area (Å²) in [5, 5.41) is 11.7. The normalized spacial score (nSPS) is 21.5. The maximum Gasteiger partial charge on any atom is 0.352 e. The van der Waals surface area contributed by atoms with E-state index in [1.54, 1.807) is 23.9 Å². The molecule has 2 unspecified atom stereocenters. The fourth-order valence-corrected chi connectivity index (χ4v) is 6.14. The molecule has 1 aromatic carbocycles. The number of carboxylic acids is 1. The van der Waals surface area contributed by atoms with Gasteiger partial charge in [0.2, 0.25) is 15.9 Å². The molecule has 1 saturated heterocycles. The Bertz CT molecular complexity index is 1070. The van der Waals surface area contributed by atoms with Crippen LogP contribution in [0.1, 0.15) is 18.5 Å². The van der Waals surface area contributed by atoms with E-state index >= 15 is 0 Å². The molecule has 1 aromatic rings.